The standard InChI is InChI=1S/C46H37N4S2/c1-4-12-29(13-5-1)43-48-44(30-14-6-2-7-15-30)50-45(49-43)35-19-10-18-32(26-35)33-22-24-37-38-25-23-34(28-41(38)51-40(37)27-33)36-20-11-21-39-42(36)47-46(52-39)31-16-8-3-9-17-31/h1-28,36,42-49H/q-1. The van der Waals surface area contributed by atoms with Crippen molar-refractivity contribution in [2.24, 2.45) is 0 Å². The van der Waals surface area contributed by atoms with Crippen LogP contribution in [0.5, 0.6) is 0 Å². The molecule has 1 aliphatic carbocycles. The Morgan fingerprint density at radius 2 is 1.13 bits per heavy atom. The van der Waals surface area contributed by atoms with Crippen LogP contribution in [0, 0.1) is 0 Å². The quantitative estimate of drug-likeness (QED) is 0.161. The third-order valence-corrected chi connectivity index (χ3v) is 13.0. The van der Waals surface area contributed by atoms with Gasteiger partial charge >= 0.3 is 0 Å². The molecule has 0 radical (unpaired) electrons. The van der Waals surface area contributed by atoms with Crippen molar-refractivity contribution < 1.29 is 0 Å². The Kier molecular flexibility index (Phi) is 8.37. The second kappa shape index (κ2) is 13.6. The molecule has 2 fully saturated rings. The summed E-state index contributed by atoms with van der Waals surface area (Å²) in [7, 11) is 0. The fourth-order valence-electron chi connectivity index (χ4n) is 7.89. The van der Waals surface area contributed by atoms with Gasteiger partial charge in [-0.2, -0.15) is 0 Å². The number of thiophene rings is 1. The number of allylic oxidation sites excluding steroid dienone is 2. The summed E-state index contributed by atoms with van der Waals surface area (Å²) in [6.45, 7) is 0. The van der Waals surface area contributed by atoms with Crippen LogP contribution in [0.2, 0.25) is 0 Å². The van der Waals surface area contributed by atoms with Crippen molar-refractivity contribution in [3.05, 3.63) is 208 Å². The molecular formula is C46H37N4S2-. The van der Waals surface area contributed by atoms with Crippen LogP contribution >= 0.6 is 23.1 Å². The first-order valence-electron chi connectivity index (χ1n) is 18.0. The molecule has 3 N–H and O–H groups in total. The molecule has 10 rings (SSSR count). The molecule has 0 spiro atoms. The van der Waals surface area contributed by atoms with Crippen molar-refractivity contribution in [2.45, 2.75) is 35.8 Å². The van der Waals surface area contributed by atoms with E-state index in [2.05, 4.69) is 186 Å². The van der Waals surface area contributed by atoms with Gasteiger partial charge in [0.05, 0.1) is 11.5 Å². The zero-order valence-electron chi connectivity index (χ0n) is 28.4. The zero-order valence-corrected chi connectivity index (χ0v) is 30.0. The van der Waals surface area contributed by atoms with E-state index in [0.29, 0.717) is 5.92 Å². The smallest absolute Gasteiger partial charge is 0.0838 e. The fourth-order valence-corrected chi connectivity index (χ4v) is 10.4. The summed E-state index contributed by atoms with van der Waals surface area (Å²) in [5, 5.41) is 19.6. The molecule has 0 bridgehead atoms. The summed E-state index contributed by atoms with van der Waals surface area (Å²) < 4.78 is 2.65. The van der Waals surface area contributed by atoms with Gasteiger partial charge in [-0.1, -0.05) is 181 Å². The molecule has 4 nitrogen and oxygen atoms in total. The highest BCUT2D eigenvalue weighted by Crippen LogP contribution is 2.48. The highest BCUT2D eigenvalue weighted by atomic mass is 32.2. The van der Waals surface area contributed by atoms with Crippen LogP contribution in [-0.2, 0) is 0 Å². The van der Waals surface area contributed by atoms with Gasteiger partial charge in [0.2, 0.25) is 0 Å². The highest BCUT2D eigenvalue weighted by molar-refractivity contribution is 8.03. The summed E-state index contributed by atoms with van der Waals surface area (Å²) in [5.41, 5.74) is 8.63. The molecule has 2 aliphatic heterocycles. The molecule has 7 aromatic rings. The van der Waals surface area contributed by atoms with Gasteiger partial charge in [0.15, 0.2) is 0 Å². The average Bonchev–Trinajstić information content (AvgIpc) is 3.83. The van der Waals surface area contributed by atoms with Crippen LogP contribution in [0.15, 0.2) is 175 Å². The lowest BCUT2D eigenvalue weighted by molar-refractivity contribution is 0.316. The van der Waals surface area contributed by atoms with Crippen molar-refractivity contribution in [3.63, 3.8) is 0 Å². The largest absolute Gasteiger partial charge is 0.624 e. The molecule has 6 atom stereocenters. The first-order valence-corrected chi connectivity index (χ1v) is 19.7. The lowest BCUT2D eigenvalue weighted by Gasteiger charge is -2.50. The molecule has 1 aromatic heterocycles. The van der Waals surface area contributed by atoms with Crippen LogP contribution in [0.1, 0.15) is 57.6 Å². The zero-order chi connectivity index (χ0) is 34.4. The van der Waals surface area contributed by atoms with Gasteiger partial charge in [-0.3, -0.25) is 5.32 Å². The van der Waals surface area contributed by atoms with Crippen molar-refractivity contribution in [1.29, 1.82) is 0 Å². The third kappa shape index (κ3) is 6.01. The van der Waals surface area contributed by atoms with Gasteiger partial charge in [0, 0.05) is 37.0 Å². The average molecular weight is 710 g/mol. The maximum absolute atomic E-state index is 5.26. The number of nitrogens with zero attached hydrogens (tertiary/aromatic N) is 1. The number of hydrogen-bond donors (Lipinski definition) is 3. The number of hydrogen-bond acceptors (Lipinski definition) is 5. The molecule has 6 aromatic carbocycles. The van der Waals surface area contributed by atoms with E-state index in [1.54, 1.807) is 0 Å². The Morgan fingerprint density at radius 1 is 0.500 bits per heavy atom. The first-order chi connectivity index (χ1) is 25.7. The second-order valence-corrected chi connectivity index (χ2v) is 16.0. The summed E-state index contributed by atoms with van der Waals surface area (Å²) in [6.07, 6.45) is 6.57. The predicted molar refractivity (Wildman–Crippen MR) is 219 cm³/mol. The summed E-state index contributed by atoms with van der Waals surface area (Å²) in [6, 6.07) is 55.1. The summed E-state index contributed by atoms with van der Waals surface area (Å²) in [4.78, 5) is 1.42. The molecular weight excluding hydrogens is 673 g/mol. The molecule has 2 saturated heterocycles. The molecule has 0 amide bonds. The number of rotatable bonds is 6. The Morgan fingerprint density at radius 3 is 1.90 bits per heavy atom. The van der Waals surface area contributed by atoms with Gasteiger partial charge in [-0.25, -0.2) is 0 Å². The molecule has 52 heavy (non-hydrogen) atoms. The van der Waals surface area contributed by atoms with Crippen molar-refractivity contribution >= 4 is 43.3 Å². The Balaban J connectivity index is 0.934. The lowest BCUT2D eigenvalue weighted by Crippen LogP contribution is -2.44. The minimum Gasteiger partial charge on any atom is -0.624 e. The number of thioether (sulfide) groups is 1. The highest BCUT2D eigenvalue weighted by Gasteiger charge is 2.36. The van der Waals surface area contributed by atoms with E-state index in [4.69, 9.17) is 5.32 Å². The van der Waals surface area contributed by atoms with Crippen molar-refractivity contribution in [3.8, 4) is 11.1 Å². The van der Waals surface area contributed by atoms with E-state index in [0.717, 1.165) is 11.1 Å². The SMILES string of the molecule is C1=CC(c2ccc3c(c2)sc2cc(-c4cccc(C5[N-]C(c6ccccc6)NC(c6ccccc6)N5)c4)ccc23)C2NC(c3ccccc3)SC2=C1. The topological polar surface area (TPSA) is 50.2 Å². The maximum atomic E-state index is 5.26. The van der Waals surface area contributed by atoms with Gasteiger partial charge < -0.3 is 16.0 Å². The molecule has 6 heteroatoms. The van der Waals surface area contributed by atoms with Gasteiger partial charge in [-0.15, -0.1) is 23.1 Å². The Hall–Kier alpha value is -4.79. The normalized spacial score (nSPS) is 24.2. The van der Waals surface area contributed by atoms with Crippen LogP contribution in [0.25, 0.3) is 36.6 Å². The van der Waals surface area contributed by atoms with Crippen LogP contribution in [0.3, 0.4) is 0 Å². The fraction of sp³-hybridized carbons (Fsp3) is 0.130. The van der Waals surface area contributed by atoms with Gasteiger partial charge in [0.25, 0.3) is 0 Å². The molecule has 6 unspecified atom stereocenters. The number of benzene rings is 6. The minimum atomic E-state index is -0.164. The third-order valence-electron chi connectivity index (χ3n) is 10.5. The van der Waals surface area contributed by atoms with E-state index >= 15 is 0 Å². The Bertz CT molecular complexity index is 2390. The van der Waals surface area contributed by atoms with Crippen molar-refractivity contribution in [1.82, 2.24) is 16.0 Å². The second-order valence-electron chi connectivity index (χ2n) is 13.8. The van der Waals surface area contributed by atoms with Crippen molar-refractivity contribution in [2.75, 3.05) is 0 Å². The maximum Gasteiger partial charge on any atom is 0.0838 e. The molecule has 3 heterocycles. The van der Waals surface area contributed by atoms with E-state index in [-0.39, 0.29) is 29.9 Å². The molecule has 0 saturated carbocycles. The molecule has 3 aliphatic rings. The summed E-state index contributed by atoms with van der Waals surface area (Å²) in [5.74, 6) is 0.297. The molecule has 254 valence electrons. The lowest BCUT2D eigenvalue weighted by atomic mass is 9.87. The van der Waals surface area contributed by atoms with Crippen LogP contribution < -0.4 is 16.0 Å². The van der Waals surface area contributed by atoms with Gasteiger partial charge in [0.1, 0.15) is 0 Å². The minimum absolute atomic E-state index is 0.0300. The van der Waals surface area contributed by atoms with E-state index in [1.165, 1.54) is 52.9 Å². The van der Waals surface area contributed by atoms with E-state index < -0.39 is 0 Å². The van der Waals surface area contributed by atoms with Crippen LogP contribution in [0.4, 0.5) is 0 Å². The van der Waals surface area contributed by atoms with Gasteiger partial charge in [-0.05, 0) is 39.9 Å². The number of fused-ring (bicyclic) bond motifs is 4. The van der Waals surface area contributed by atoms with E-state index in [9.17, 15) is 0 Å². The monoisotopic (exact) mass is 709 g/mol. The van der Waals surface area contributed by atoms with E-state index in [1.807, 2.05) is 23.1 Å². The number of nitrogens with one attached hydrogen (secondary N) is 3. The summed E-state index contributed by atoms with van der Waals surface area (Å²) >= 11 is 3.85. The predicted octanol–water partition coefficient (Wildman–Crippen LogP) is 11.6. The van der Waals surface area contributed by atoms with Crippen LogP contribution in [-0.4, -0.2) is 6.04 Å². The Labute approximate surface area is 312 Å². The first kappa shape index (κ1) is 31.9.